The summed E-state index contributed by atoms with van der Waals surface area (Å²) >= 11 is 0. The first-order chi connectivity index (χ1) is 9.99. The minimum absolute atomic E-state index is 0.177. The standard InChI is InChI=1S/C16H20ClNO2S/c1-3-11-18(12-4-2)15-9-5-8-14-13(15)7-6-10-16(14)21(17,19)20/h5-10H,3-4,11-12H2,1-2H3. The highest BCUT2D eigenvalue weighted by Gasteiger charge is 2.16. The van der Waals surface area contributed by atoms with Crippen LogP contribution in [0.5, 0.6) is 0 Å². The van der Waals surface area contributed by atoms with Gasteiger partial charge in [-0.05, 0) is 25.0 Å². The highest BCUT2D eigenvalue weighted by Crippen LogP contribution is 2.32. The van der Waals surface area contributed by atoms with Gasteiger partial charge in [-0.1, -0.05) is 38.1 Å². The molecule has 114 valence electrons. The van der Waals surface area contributed by atoms with Crippen LogP contribution in [0.2, 0.25) is 0 Å². The van der Waals surface area contributed by atoms with Gasteiger partial charge in [0.25, 0.3) is 9.05 Å². The first-order valence-corrected chi connectivity index (χ1v) is 9.51. The van der Waals surface area contributed by atoms with Crippen molar-refractivity contribution in [3.05, 3.63) is 36.4 Å². The van der Waals surface area contributed by atoms with Crippen LogP contribution in [0, 0.1) is 0 Å². The maximum absolute atomic E-state index is 11.7. The van der Waals surface area contributed by atoms with Crippen LogP contribution in [-0.4, -0.2) is 21.5 Å². The fourth-order valence-electron chi connectivity index (χ4n) is 2.65. The fraction of sp³-hybridized carbons (Fsp3) is 0.375. The van der Waals surface area contributed by atoms with E-state index in [-0.39, 0.29) is 4.90 Å². The summed E-state index contributed by atoms with van der Waals surface area (Å²) in [5, 5.41) is 1.61. The molecule has 0 saturated carbocycles. The second kappa shape index (κ2) is 6.67. The lowest BCUT2D eigenvalue weighted by Gasteiger charge is -2.25. The van der Waals surface area contributed by atoms with E-state index in [0.29, 0.717) is 5.39 Å². The van der Waals surface area contributed by atoms with Crippen molar-refractivity contribution in [1.82, 2.24) is 0 Å². The Morgan fingerprint density at radius 3 is 2.10 bits per heavy atom. The van der Waals surface area contributed by atoms with Gasteiger partial charge in [0.15, 0.2) is 0 Å². The fourth-order valence-corrected chi connectivity index (χ4v) is 3.73. The quantitative estimate of drug-likeness (QED) is 0.739. The Kier molecular flexibility index (Phi) is 5.12. The average molecular weight is 326 g/mol. The molecular formula is C16H20ClNO2S. The van der Waals surface area contributed by atoms with Crippen LogP contribution in [0.25, 0.3) is 10.8 Å². The van der Waals surface area contributed by atoms with Gasteiger partial charge in [0.1, 0.15) is 0 Å². The van der Waals surface area contributed by atoms with Crippen molar-refractivity contribution < 1.29 is 8.42 Å². The molecule has 3 nitrogen and oxygen atoms in total. The molecule has 0 atom stereocenters. The van der Waals surface area contributed by atoms with Gasteiger partial charge in [-0.2, -0.15) is 0 Å². The molecule has 0 aliphatic carbocycles. The maximum atomic E-state index is 11.7. The van der Waals surface area contributed by atoms with Crippen molar-refractivity contribution >= 4 is 36.2 Å². The molecule has 0 amide bonds. The SMILES string of the molecule is CCCN(CCC)c1cccc2c(S(=O)(=O)Cl)cccc12. The van der Waals surface area contributed by atoms with Crippen molar-refractivity contribution in [3.8, 4) is 0 Å². The Bertz CT molecular complexity index is 722. The van der Waals surface area contributed by atoms with Crippen molar-refractivity contribution in [2.45, 2.75) is 31.6 Å². The van der Waals surface area contributed by atoms with E-state index in [2.05, 4.69) is 18.7 Å². The number of halogens is 1. The predicted octanol–water partition coefficient (Wildman–Crippen LogP) is 4.39. The van der Waals surface area contributed by atoms with Gasteiger partial charge in [-0.25, -0.2) is 8.42 Å². The van der Waals surface area contributed by atoms with Gasteiger partial charge >= 0.3 is 0 Å². The molecule has 0 aromatic heterocycles. The Hall–Kier alpha value is -1.26. The zero-order valence-corrected chi connectivity index (χ0v) is 13.9. The van der Waals surface area contributed by atoms with Crippen LogP contribution >= 0.6 is 10.7 Å². The first-order valence-electron chi connectivity index (χ1n) is 7.20. The lowest BCUT2D eigenvalue weighted by Crippen LogP contribution is -2.25. The number of anilines is 1. The van der Waals surface area contributed by atoms with Gasteiger partial charge in [0.2, 0.25) is 0 Å². The maximum Gasteiger partial charge on any atom is 0.261 e. The molecule has 0 saturated heterocycles. The second-order valence-corrected chi connectivity index (χ2v) is 7.59. The van der Waals surface area contributed by atoms with Crippen LogP contribution in [0.1, 0.15) is 26.7 Å². The molecule has 2 rings (SSSR count). The summed E-state index contributed by atoms with van der Waals surface area (Å²) in [5.74, 6) is 0. The van der Waals surface area contributed by atoms with Gasteiger partial charge in [0, 0.05) is 40.2 Å². The van der Waals surface area contributed by atoms with Gasteiger partial charge in [-0.15, -0.1) is 0 Å². The Morgan fingerprint density at radius 2 is 1.52 bits per heavy atom. The molecule has 0 radical (unpaired) electrons. The van der Waals surface area contributed by atoms with E-state index in [4.69, 9.17) is 10.7 Å². The number of nitrogens with zero attached hydrogens (tertiary/aromatic N) is 1. The molecule has 0 bridgehead atoms. The topological polar surface area (TPSA) is 37.4 Å². The molecule has 21 heavy (non-hydrogen) atoms. The van der Waals surface area contributed by atoms with Crippen molar-refractivity contribution in [2.75, 3.05) is 18.0 Å². The zero-order valence-electron chi connectivity index (χ0n) is 12.3. The number of hydrogen-bond donors (Lipinski definition) is 0. The van der Waals surface area contributed by atoms with E-state index < -0.39 is 9.05 Å². The van der Waals surface area contributed by atoms with Crippen molar-refractivity contribution in [1.29, 1.82) is 0 Å². The average Bonchev–Trinajstić information content (AvgIpc) is 2.45. The van der Waals surface area contributed by atoms with Crippen LogP contribution < -0.4 is 4.90 Å². The predicted molar refractivity (Wildman–Crippen MR) is 89.8 cm³/mol. The van der Waals surface area contributed by atoms with Crippen LogP contribution in [0.15, 0.2) is 41.3 Å². The van der Waals surface area contributed by atoms with Crippen LogP contribution in [-0.2, 0) is 9.05 Å². The summed E-state index contributed by atoms with van der Waals surface area (Å²) in [4.78, 5) is 2.48. The number of fused-ring (bicyclic) bond motifs is 1. The molecule has 5 heteroatoms. The molecule has 0 heterocycles. The van der Waals surface area contributed by atoms with E-state index in [0.717, 1.165) is 37.0 Å². The van der Waals surface area contributed by atoms with E-state index in [1.807, 2.05) is 24.3 Å². The number of benzene rings is 2. The van der Waals surface area contributed by atoms with E-state index in [9.17, 15) is 8.42 Å². The first kappa shape index (κ1) is 16.1. The van der Waals surface area contributed by atoms with E-state index in [1.165, 1.54) is 0 Å². The molecule has 2 aromatic rings. The highest BCUT2D eigenvalue weighted by atomic mass is 35.7. The Morgan fingerprint density at radius 1 is 0.952 bits per heavy atom. The van der Waals surface area contributed by atoms with E-state index >= 15 is 0 Å². The lowest BCUT2D eigenvalue weighted by molar-refractivity contribution is 0.610. The summed E-state index contributed by atoms with van der Waals surface area (Å²) < 4.78 is 23.5. The van der Waals surface area contributed by atoms with Crippen LogP contribution in [0.3, 0.4) is 0 Å². The lowest BCUT2D eigenvalue weighted by atomic mass is 10.1. The van der Waals surface area contributed by atoms with Crippen LogP contribution in [0.4, 0.5) is 5.69 Å². The molecule has 0 fully saturated rings. The molecular weight excluding hydrogens is 306 g/mol. The molecule has 0 N–H and O–H groups in total. The third-order valence-corrected chi connectivity index (χ3v) is 4.83. The summed E-state index contributed by atoms with van der Waals surface area (Å²) in [7, 11) is 1.81. The number of hydrogen-bond acceptors (Lipinski definition) is 3. The smallest absolute Gasteiger partial charge is 0.261 e. The van der Waals surface area contributed by atoms with E-state index in [1.54, 1.807) is 12.1 Å². The van der Waals surface area contributed by atoms with Crippen molar-refractivity contribution in [3.63, 3.8) is 0 Å². The minimum Gasteiger partial charge on any atom is -0.371 e. The molecule has 0 unspecified atom stereocenters. The normalized spacial score (nSPS) is 11.8. The minimum atomic E-state index is -3.74. The summed E-state index contributed by atoms with van der Waals surface area (Å²) in [5.41, 5.74) is 1.07. The molecule has 0 aliphatic heterocycles. The monoisotopic (exact) mass is 325 g/mol. The van der Waals surface area contributed by atoms with Crippen molar-refractivity contribution in [2.24, 2.45) is 0 Å². The van der Waals surface area contributed by atoms with Gasteiger partial charge < -0.3 is 4.90 Å². The Balaban J connectivity index is 2.66. The van der Waals surface area contributed by atoms with Gasteiger partial charge in [-0.3, -0.25) is 0 Å². The van der Waals surface area contributed by atoms with Gasteiger partial charge in [0.05, 0.1) is 4.90 Å². The summed E-state index contributed by atoms with van der Waals surface area (Å²) in [6.45, 7) is 6.18. The summed E-state index contributed by atoms with van der Waals surface area (Å²) in [6, 6.07) is 11.0. The number of rotatable bonds is 6. The molecule has 2 aromatic carbocycles. The Labute approximate surface area is 130 Å². The largest absolute Gasteiger partial charge is 0.371 e. The summed E-state index contributed by atoms with van der Waals surface area (Å²) in [6.07, 6.45) is 2.09. The molecule has 0 spiro atoms. The molecule has 0 aliphatic rings. The third kappa shape index (κ3) is 3.50. The highest BCUT2D eigenvalue weighted by molar-refractivity contribution is 8.14. The zero-order chi connectivity index (χ0) is 15.5. The third-order valence-electron chi connectivity index (χ3n) is 3.45. The second-order valence-electron chi connectivity index (χ2n) is 5.05.